The zero-order chi connectivity index (χ0) is 41.1. The molecule has 298 valence electrons. The third-order valence-electron chi connectivity index (χ3n) is 7.99. The fourth-order valence-electron chi connectivity index (χ4n) is 4.95. The molecular formula is C31H20F18N2O3. The van der Waals surface area contributed by atoms with E-state index in [0.29, 0.717) is 18.1 Å². The van der Waals surface area contributed by atoms with Gasteiger partial charge in [-0.1, -0.05) is 31.9 Å². The van der Waals surface area contributed by atoms with Crippen molar-refractivity contribution in [2.24, 2.45) is 0 Å². The van der Waals surface area contributed by atoms with Crippen molar-refractivity contribution in [3.8, 4) is 34.0 Å². The molecule has 4 rings (SSSR count). The predicted octanol–water partition coefficient (Wildman–Crippen LogP) is 10.7. The normalized spacial score (nSPS) is 16.9. The fourth-order valence-corrected chi connectivity index (χ4v) is 4.95. The van der Waals surface area contributed by atoms with Crippen molar-refractivity contribution in [1.82, 2.24) is 9.97 Å². The molecule has 2 aromatic carbocycles. The summed E-state index contributed by atoms with van der Waals surface area (Å²) < 4.78 is 260. The van der Waals surface area contributed by atoms with E-state index in [2.05, 4.69) is 14.7 Å². The lowest BCUT2D eigenvalue weighted by Gasteiger charge is -2.42. The molecule has 1 aliphatic heterocycles. The summed E-state index contributed by atoms with van der Waals surface area (Å²) >= 11 is 0. The topological polar surface area (TPSA) is 61.3 Å². The summed E-state index contributed by atoms with van der Waals surface area (Å²) in [6.45, 7) is 1.93. The predicted molar refractivity (Wildman–Crippen MR) is 147 cm³/mol. The molecule has 0 spiro atoms. The number of hydrogen-bond donors (Lipinski definition) is 0. The number of rotatable bonds is 13. The van der Waals surface area contributed by atoms with E-state index in [4.69, 9.17) is 4.74 Å². The molecule has 0 aliphatic carbocycles. The molecule has 54 heavy (non-hydrogen) atoms. The summed E-state index contributed by atoms with van der Waals surface area (Å²) in [5.41, 5.74) is -3.03. The van der Waals surface area contributed by atoms with E-state index in [1.807, 2.05) is 6.92 Å². The summed E-state index contributed by atoms with van der Waals surface area (Å²) in [5.74, 6) is -61.4. The van der Waals surface area contributed by atoms with Crippen LogP contribution in [-0.2, 0) is 10.7 Å². The first kappa shape index (κ1) is 42.3. The third-order valence-corrected chi connectivity index (χ3v) is 7.99. The number of carbonyl (C=O) groups excluding carboxylic acids is 1. The highest BCUT2D eigenvalue weighted by molar-refractivity contribution is 5.73. The van der Waals surface area contributed by atoms with Gasteiger partial charge in [0.1, 0.15) is 22.9 Å². The maximum absolute atomic E-state index is 15.4. The molecule has 1 aromatic heterocycles. The maximum Gasteiger partial charge on any atom is 0.460 e. The van der Waals surface area contributed by atoms with E-state index in [1.54, 1.807) is 0 Å². The van der Waals surface area contributed by atoms with Crippen LogP contribution in [-0.4, -0.2) is 63.8 Å². The molecule has 0 saturated heterocycles. The van der Waals surface area contributed by atoms with Crippen LogP contribution in [0.3, 0.4) is 0 Å². The maximum atomic E-state index is 15.4. The Labute approximate surface area is 290 Å². The number of hydrogen-bond acceptors (Lipinski definition) is 5. The van der Waals surface area contributed by atoms with Gasteiger partial charge in [-0.3, -0.25) is 4.79 Å². The molecular weight excluding hydrogens is 790 g/mol. The molecule has 2 heterocycles. The first-order valence-electron chi connectivity index (χ1n) is 14.9. The van der Waals surface area contributed by atoms with Crippen molar-refractivity contribution < 1.29 is 93.3 Å². The van der Waals surface area contributed by atoms with Crippen LogP contribution in [0.5, 0.6) is 11.5 Å². The highest BCUT2D eigenvalue weighted by Crippen LogP contribution is 2.65. The van der Waals surface area contributed by atoms with Gasteiger partial charge in [-0.2, -0.15) is 74.6 Å². The third kappa shape index (κ3) is 6.53. The molecule has 1 aliphatic rings. The van der Waals surface area contributed by atoms with Gasteiger partial charge in [-0.25, -0.2) is 14.4 Å². The molecule has 0 amide bonds. The molecule has 1 unspecified atom stereocenters. The van der Waals surface area contributed by atoms with E-state index < -0.39 is 88.2 Å². The zero-order valence-electron chi connectivity index (χ0n) is 26.4. The van der Waals surface area contributed by atoms with E-state index in [1.165, 1.54) is 24.3 Å². The number of ether oxygens (including phenoxy) is 2. The Kier molecular flexibility index (Phi) is 10.7. The lowest BCUT2D eigenvalue weighted by molar-refractivity contribution is -0.457. The van der Waals surface area contributed by atoms with Gasteiger partial charge in [-0.15, -0.1) is 0 Å². The summed E-state index contributed by atoms with van der Waals surface area (Å²) in [7, 11) is 0. The SMILES string of the molecule is CCCCCC(=O)Oc1ccc(-c2cnc(-c3ccc4c(c3F)C(F)(F)C(C(F)(F)C(F)(F)C(F)(F)C(F)(F)C(F)(F)C(F)(F)C(F)(F)F)O4)nc2)cc1. The number of esters is 1. The van der Waals surface area contributed by atoms with E-state index in [9.17, 15) is 70.7 Å². The van der Waals surface area contributed by atoms with Crippen LogP contribution in [0.2, 0.25) is 0 Å². The monoisotopic (exact) mass is 810 g/mol. The fraction of sp³-hybridized carbons (Fsp3) is 0.452. The van der Waals surface area contributed by atoms with Crippen molar-refractivity contribution in [2.45, 2.75) is 86.3 Å². The number of halogens is 18. The number of fused-ring (bicyclic) bond motifs is 1. The first-order chi connectivity index (χ1) is 24.5. The minimum Gasteiger partial charge on any atom is -0.476 e. The summed E-state index contributed by atoms with van der Waals surface area (Å²) in [5, 5.41) is 0. The Morgan fingerprint density at radius 3 is 1.76 bits per heavy atom. The molecule has 5 nitrogen and oxygen atoms in total. The molecule has 0 fully saturated rings. The highest BCUT2D eigenvalue weighted by atomic mass is 19.4. The van der Waals surface area contributed by atoms with E-state index >= 15 is 13.2 Å². The van der Waals surface area contributed by atoms with Gasteiger partial charge >= 0.3 is 53.6 Å². The van der Waals surface area contributed by atoms with Crippen molar-refractivity contribution >= 4 is 5.97 Å². The summed E-state index contributed by atoms with van der Waals surface area (Å²) in [6, 6.07) is 6.15. The number of benzene rings is 2. The van der Waals surface area contributed by atoms with Crippen LogP contribution in [0, 0.1) is 5.82 Å². The zero-order valence-corrected chi connectivity index (χ0v) is 26.4. The van der Waals surface area contributed by atoms with Crippen LogP contribution in [0.15, 0.2) is 48.8 Å². The molecule has 3 aromatic rings. The second-order valence-electron chi connectivity index (χ2n) is 11.7. The molecule has 1 atom stereocenters. The first-order valence-corrected chi connectivity index (χ1v) is 14.9. The van der Waals surface area contributed by atoms with E-state index in [-0.39, 0.29) is 23.8 Å². The lowest BCUT2D eigenvalue weighted by Crippen LogP contribution is -2.74. The quantitative estimate of drug-likeness (QED) is 0.0745. The Bertz CT molecular complexity index is 1850. The van der Waals surface area contributed by atoms with Crippen LogP contribution in [0.1, 0.15) is 38.2 Å². The van der Waals surface area contributed by atoms with Gasteiger partial charge in [-0.05, 0) is 36.2 Å². The van der Waals surface area contributed by atoms with Gasteiger partial charge in [0.15, 0.2) is 5.82 Å². The lowest BCUT2D eigenvalue weighted by atomic mass is 9.87. The van der Waals surface area contributed by atoms with Gasteiger partial charge < -0.3 is 9.47 Å². The average molecular weight is 810 g/mol. The van der Waals surface area contributed by atoms with Crippen molar-refractivity contribution in [2.75, 3.05) is 0 Å². The Morgan fingerprint density at radius 2 is 1.24 bits per heavy atom. The van der Waals surface area contributed by atoms with E-state index in [0.717, 1.165) is 25.2 Å². The van der Waals surface area contributed by atoms with Crippen LogP contribution in [0.4, 0.5) is 79.0 Å². The number of nitrogens with zero attached hydrogens (tertiary/aromatic N) is 2. The summed E-state index contributed by atoms with van der Waals surface area (Å²) in [6.07, 6.45) is -8.68. The molecule has 23 heteroatoms. The van der Waals surface area contributed by atoms with Gasteiger partial charge in [0.2, 0.25) is 6.10 Å². The number of aromatic nitrogens is 2. The number of carbonyl (C=O) groups is 1. The number of alkyl halides is 17. The molecule has 0 N–H and O–H groups in total. The molecule has 0 saturated carbocycles. The van der Waals surface area contributed by atoms with Gasteiger partial charge in [0.05, 0.1) is 5.56 Å². The Balaban J connectivity index is 1.62. The second-order valence-corrected chi connectivity index (χ2v) is 11.7. The molecule has 0 bridgehead atoms. The largest absolute Gasteiger partial charge is 0.476 e. The van der Waals surface area contributed by atoms with Gasteiger partial charge in [0.25, 0.3) is 0 Å². The summed E-state index contributed by atoms with van der Waals surface area (Å²) in [4.78, 5) is 19.3. The van der Waals surface area contributed by atoms with Crippen LogP contribution < -0.4 is 9.47 Å². The standard InChI is InChI=1S/C31H20F18N2O3/c1-2-3-4-5-19(52)53-16-8-6-14(7-9-16)15-12-50-22(51-13-15)17-10-11-18-20(21(17)32)24(33,34)23(54-18)25(35,36)26(37,38)27(39,40)28(41,42)29(43,44)30(45,46)31(47,48)49/h6-13,23H,2-5H2,1H3. The smallest absolute Gasteiger partial charge is 0.460 e. The van der Waals surface area contributed by atoms with Gasteiger partial charge in [0, 0.05) is 24.4 Å². The number of unbranched alkanes of at least 4 members (excludes halogenated alkanes) is 2. The van der Waals surface area contributed by atoms with Crippen LogP contribution in [0.25, 0.3) is 22.5 Å². The minimum absolute atomic E-state index is 0.153. The molecule has 0 radical (unpaired) electrons. The Hall–Kier alpha value is -4.47. The Morgan fingerprint density at radius 1 is 0.722 bits per heavy atom. The van der Waals surface area contributed by atoms with Crippen molar-refractivity contribution in [3.63, 3.8) is 0 Å². The highest BCUT2D eigenvalue weighted by Gasteiger charge is 2.94. The van der Waals surface area contributed by atoms with Crippen LogP contribution >= 0.6 is 0 Å². The second kappa shape index (κ2) is 13.7. The minimum atomic E-state index is -8.72. The average Bonchev–Trinajstić information content (AvgIpc) is 3.35. The van der Waals surface area contributed by atoms with Crippen molar-refractivity contribution in [3.05, 3.63) is 60.2 Å². The van der Waals surface area contributed by atoms with Crippen molar-refractivity contribution in [1.29, 1.82) is 0 Å².